The fourth-order valence-electron chi connectivity index (χ4n) is 2.32. The van der Waals surface area contributed by atoms with Crippen LogP contribution >= 0.6 is 0 Å². The molecule has 0 spiro atoms. The highest BCUT2D eigenvalue weighted by Crippen LogP contribution is 2.36. The number of rotatable bonds is 4. The normalized spacial score (nSPS) is 16.6. The number of aryl methyl sites for hydroxylation is 1. The summed E-state index contributed by atoms with van der Waals surface area (Å²) in [5.74, 6) is -0.784. The first-order valence-electron chi connectivity index (χ1n) is 6.76. The maximum atomic E-state index is 12.7. The third-order valence-electron chi connectivity index (χ3n) is 3.69. The van der Waals surface area contributed by atoms with Gasteiger partial charge < -0.3 is 9.88 Å². The van der Waals surface area contributed by atoms with Crippen LogP contribution in [0.3, 0.4) is 0 Å². The Kier molecular flexibility index (Phi) is 4.11. The zero-order chi connectivity index (χ0) is 15.8. The molecular formula is C14H17F3N2O2. The van der Waals surface area contributed by atoms with Crippen molar-refractivity contribution in [1.82, 2.24) is 9.88 Å². The number of hydrogen-bond donors (Lipinski definition) is 1. The monoisotopic (exact) mass is 302 g/mol. The number of alkyl halides is 3. The predicted octanol–water partition coefficient (Wildman–Crippen LogP) is 2.49. The Balaban J connectivity index is 2.30. The van der Waals surface area contributed by atoms with Crippen LogP contribution in [0.4, 0.5) is 13.2 Å². The molecule has 0 bridgehead atoms. The maximum Gasteiger partial charge on any atom is 0.406 e. The van der Waals surface area contributed by atoms with Gasteiger partial charge in [-0.2, -0.15) is 13.2 Å². The zero-order valence-corrected chi connectivity index (χ0v) is 11.8. The molecule has 1 aromatic heterocycles. The lowest BCUT2D eigenvalue weighted by atomic mass is 10.1. The van der Waals surface area contributed by atoms with Gasteiger partial charge in [-0.15, -0.1) is 0 Å². The van der Waals surface area contributed by atoms with Crippen LogP contribution in [0.1, 0.15) is 35.8 Å². The van der Waals surface area contributed by atoms with E-state index in [1.165, 1.54) is 12.3 Å². The van der Waals surface area contributed by atoms with Crippen LogP contribution in [-0.2, 0) is 0 Å². The molecule has 1 fully saturated rings. The molecule has 1 aliphatic carbocycles. The molecule has 0 aliphatic heterocycles. The molecular weight excluding hydrogens is 285 g/mol. The van der Waals surface area contributed by atoms with E-state index in [1.807, 2.05) is 0 Å². The highest BCUT2D eigenvalue weighted by atomic mass is 19.4. The average Bonchev–Trinajstić information content (AvgIpc) is 3.17. The van der Waals surface area contributed by atoms with Crippen molar-refractivity contribution < 1.29 is 18.0 Å². The summed E-state index contributed by atoms with van der Waals surface area (Å²) in [5, 5.41) is 0. The van der Waals surface area contributed by atoms with Gasteiger partial charge in [0.1, 0.15) is 12.1 Å². The Morgan fingerprint density at radius 2 is 2.10 bits per heavy atom. The van der Waals surface area contributed by atoms with Gasteiger partial charge in [0.25, 0.3) is 5.91 Å². The number of carbonyl (C=O) groups excluding carboxylic acids is 1. The first kappa shape index (κ1) is 15.6. The summed E-state index contributed by atoms with van der Waals surface area (Å²) in [5.41, 5.74) is -0.266. The van der Waals surface area contributed by atoms with Crippen LogP contribution in [0, 0.1) is 12.8 Å². The van der Waals surface area contributed by atoms with E-state index in [0.29, 0.717) is 5.69 Å². The van der Waals surface area contributed by atoms with E-state index in [2.05, 4.69) is 4.98 Å². The minimum atomic E-state index is -4.49. The number of amides is 1. The third-order valence-corrected chi connectivity index (χ3v) is 3.69. The fourth-order valence-corrected chi connectivity index (χ4v) is 2.32. The lowest BCUT2D eigenvalue weighted by Crippen LogP contribution is -2.46. The molecule has 4 nitrogen and oxygen atoms in total. The number of pyridine rings is 1. The molecule has 2 rings (SSSR count). The lowest BCUT2D eigenvalue weighted by Gasteiger charge is -2.30. The molecule has 1 N–H and O–H groups in total. The molecule has 116 valence electrons. The minimum Gasteiger partial charge on any atom is -0.364 e. The predicted molar refractivity (Wildman–Crippen MR) is 71.1 cm³/mol. The van der Waals surface area contributed by atoms with Gasteiger partial charge in [0, 0.05) is 24.0 Å². The number of nitrogens with one attached hydrogen (secondary N) is 1. The van der Waals surface area contributed by atoms with Crippen LogP contribution in [0.25, 0.3) is 0 Å². The molecule has 1 amide bonds. The number of aromatic nitrogens is 1. The number of carbonyl (C=O) groups is 1. The topological polar surface area (TPSA) is 53.2 Å². The van der Waals surface area contributed by atoms with E-state index >= 15 is 0 Å². The van der Waals surface area contributed by atoms with E-state index in [-0.39, 0.29) is 11.5 Å². The van der Waals surface area contributed by atoms with Crippen LogP contribution in [-0.4, -0.2) is 34.6 Å². The van der Waals surface area contributed by atoms with Gasteiger partial charge in [0.2, 0.25) is 0 Å². The van der Waals surface area contributed by atoms with Gasteiger partial charge in [0.05, 0.1) is 0 Å². The van der Waals surface area contributed by atoms with Gasteiger partial charge in [0.15, 0.2) is 5.43 Å². The van der Waals surface area contributed by atoms with E-state index in [1.54, 1.807) is 13.8 Å². The molecule has 0 radical (unpaired) electrons. The van der Waals surface area contributed by atoms with Crippen molar-refractivity contribution >= 4 is 5.91 Å². The van der Waals surface area contributed by atoms with Crippen molar-refractivity contribution in [3.05, 3.63) is 33.7 Å². The van der Waals surface area contributed by atoms with Gasteiger partial charge in [-0.25, -0.2) is 0 Å². The molecule has 1 aliphatic rings. The summed E-state index contributed by atoms with van der Waals surface area (Å²) in [4.78, 5) is 27.6. The molecule has 1 unspecified atom stereocenters. The summed E-state index contributed by atoms with van der Waals surface area (Å²) in [7, 11) is 0. The minimum absolute atomic E-state index is 0.0841. The molecule has 21 heavy (non-hydrogen) atoms. The number of halogens is 3. The van der Waals surface area contributed by atoms with Crippen LogP contribution < -0.4 is 5.43 Å². The number of hydrogen-bond acceptors (Lipinski definition) is 2. The second-order valence-electron chi connectivity index (χ2n) is 5.52. The van der Waals surface area contributed by atoms with Gasteiger partial charge in [-0.1, -0.05) is 0 Å². The molecule has 1 saturated carbocycles. The highest BCUT2D eigenvalue weighted by molar-refractivity contribution is 5.94. The van der Waals surface area contributed by atoms with Gasteiger partial charge in [-0.05, 0) is 32.6 Å². The van der Waals surface area contributed by atoms with Crippen molar-refractivity contribution in [3.8, 4) is 0 Å². The first-order chi connectivity index (χ1) is 9.69. The van der Waals surface area contributed by atoms with Crippen molar-refractivity contribution in [2.75, 3.05) is 6.54 Å². The summed E-state index contributed by atoms with van der Waals surface area (Å²) in [6.45, 7) is 1.90. The average molecular weight is 302 g/mol. The Morgan fingerprint density at radius 1 is 1.48 bits per heavy atom. The van der Waals surface area contributed by atoms with Crippen LogP contribution in [0.5, 0.6) is 0 Å². The molecule has 0 aromatic carbocycles. The van der Waals surface area contributed by atoms with Crippen molar-refractivity contribution in [2.45, 2.75) is 38.9 Å². The van der Waals surface area contributed by atoms with E-state index in [0.717, 1.165) is 17.7 Å². The van der Waals surface area contributed by atoms with Crippen molar-refractivity contribution in [2.24, 2.45) is 5.92 Å². The smallest absolute Gasteiger partial charge is 0.364 e. The highest BCUT2D eigenvalue weighted by Gasteiger charge is 2.41. The Hall–Kier alpha value is -1.79. The second kappa shape index (κ2) is 5.54. The third kappa shape index (κ3) is 3.86. The maximum absolute atomic E-state index is 12.7. The largest absolute Gasteiger partial charge is 0.406 e. The van der Waals surface area contributed by atoms with E-state index in [9.17, 15) is 22.8 Å². The molecule has 7 heteroatoms. The fraction of sp³-hybridized carbons (Fsp3) is 0.571. The zero-order valence-electron chi connectivity index (χ0n) is 11.8. The lowest BCUT2D eigenvalue weighted by molar-refractivity contribution is -0.144. The summed E-state index contributed by atoms with van der Waals surface area (Å²) in [6.07, 6.45) is -1.68. The van der Waals surface area contributed by atoms with E-state index in [4.69, 9.17) is 0 Å². The van der Waals surface area contributed by atoms with Crippen LogP contribution in [0.15, 0.2) is 17.1 Å². The number of H-pyrrole nitrogens is 1. The quantitative estimate of drug-likeness (QED) is 0.929. The molecule has 1 atom stereocenters. The molecule has 1 heterocycles. The SMILES string of the molecule is Cc1cc(=O)c(C(=O)N(CC(F)(F)F)C(C)C2CC2)c[nH]1. The van der Waals surface area contributed by atoms with Crippen molar-refractivity contribution in [3.63, 3.8) is 0 Å². The van der Waals surface area contributed by atoms with Gasteiger partial charge in [-0.3, -0.25) is 9.59 Å². The summed E-state index contributed by atoms with van der Waals surface area (Å²) < 4.78 is 38.1. The second-order valence-corrected chi connectivity index (χ2v) is 5.52. The molecule has 1 aromatic rings. The Labute approximate surface area is 120 Å². The first-order valence-corrected chi connectivity index (χ1v) is 6.76. The molecule has 0 saturated heterocycles. The van der Waals surface area contributed by atoms with E-state index < -0.39 is 30.1 Å². The standard InChI is InChI=1S/C14H17F3N2O2/c1-8-5-12(20)11(6-18-8)13(21)19(7-14(15,16)17)9(2)10-3-4-10/h5-6,9-10H,3-4,7H2,1-2H3,(H,18,20). The Morgan fingerprint density at radius 3 is 2.57 bits per heavy atom. The summed E-state index contributed by atoms with van der Waals surface area (Å²) in [6, 6.07) is 0.681. The summed E-state index contributed by atoms with van der Waals surface area (Å²) >= 11 is 0. The van der Waals surface area contributed by atoms with Crippen molar-refractivity contribution in [1.29, 1.82) is 0 Å². The van der Waals surface area contributed by atoms with Gasteiger partial charge >= 0.3 is 6.18 Å². The number of nitrogens with zero attached hydrogens (tertiary/aromatic N) is 1. The van der Waals surface area contributed by atoms with Crippen LogP contribution in [0.2, 0.25) is 0 Å². The number of aromatic amines is 1. The Bertz CT molecular complexity index is 591.